The molecule has 1 spiro atoms. The van der Waals surface area contributed by atoms with E-state index in [1.54, 1.807) is 36.4 Å². The molecule has 0 aliphatic carbocycles. The molecule has 2 aromatic rings. The van der Waals surface area contributed by atoms with Crippen molar-refractivity contribution in [2.24, 2.45) is 0 Å². The summed E-state index contributed by atoms with van der Waals surface area (Å²) in [7, 11) is 1.25. The van der Waals surface area contributed by atoms with E-state index in [9.17, 15) is 18.8 Å². The van der Waals surface area contributed by atoms with Crippen molar-refractivity contribution in [1.82, 2.24) is 10.2 Å². The van der Waals surface area contributed by atoms with E-state index in [2.05, 4.69) is 5.32 Å². The van der Waals surface area contributed by atoms with Crippen LogP contribution in [0.25, 0.3) is 11.1 Å². The molecule has 2 saturated heterocycles. The Hall–Kier alpha value is -3.30. The molecule has 2 fully saturated rings. The van der Waals surface area contributed by atoms with Gasteiger partial charge in [0.1, 0.15) is 11.9 Å². The molecule has 4 rings (SSSR count). The normalized spacial score (nSPS) is 19.2. The van der Waals surface area contributed by atoms with E-state index in [1.165, 1.54) is 24.1 Å². The molecule has 32 heavy (non-hydrogen) atoms. The number of amides is 2. The lowest BCUT2D eigenvalue weighted by atomic mass is 10.0. The number of likely N-dealkylation sites (tertiary alicyclic amines) is 1. The third kappa shape index (κ3) is 4.49. The number of benzene rings is 2. The number of nitrogens with one attached hydrogen (secondary N) is 1. The average molecular weight is 442 g/mol. The molecule has 0 unspecified atom stereocenters. The van der Waals surface area contributed by atoms with Crippen LogP contribution in [0.2, 0.25) is 0 Å². The Morgan fingerprint density at radius 1 is 1.12 bits per heavy atom. The fraction of sp³-hybridized carbons (Fsp3) is 0.348. The highest BCUT2D eigenvalue weighted by Crippen LogP contribution is 2.35. The fourth-order valence-corrected chi connectivity index (χ4v) is 4.00. The lowest BCUT2D eigenvalue weighted by Crippen LogP contribution is -2.46. The third-order valence-electron chi connectivity index (χ3n) is 5.60. The van der Waals surface area contributed by atoms with Gasteiger partial charge in [0.15, 0.2) is 5.79 Å². The number of hydrogen-bond acceptors (Lipinski definition) is 6. The highest BCUT2D eigenvalue weighted by Gasteiger charge is 2.52. The Morgan fingerprint density at radius 3 is 2.53 bits per heavy atom. The van der Waals surface area contributed by atoms with Crippen LogP contribution in [0.3, 0.4) is 0 Å². The quantitative estimate of drug-likeness (QED) is 0.709. The minimum absolute atomic E-state index is 0.0848. The first-order valence-corrected chi connectivity index (χ1v) is 10.2. The van der Waals surface area contributed by atoms with E-state index in [1.807, 2.05) is 0 Å². The van der Waals surface area contributed by atoms with Crippen LogP contribution in [-0.2, 0) is 23.8 Å². The molecule has 1 N–H and O–H groups in total. The molecule has 8 nitrogen and oxygen atoms in total. The minimum atomic E-state index is -1.01. The van der Waals surface area contributed by atoms with Crippen molar-refractivity contribution in [2.75, 3.05) is 33.4 Å². The summed E-state index contributed by atoms with van der Waals surface area (Å²) in [4.78, 5) is 39.0. The number of carbonyl (C=O) groups is 3. The molecule has 2 aliphatic heterocycles. The lowest BCUT2D eigenvalue weighted by Gasteiger charge is -2.23. The van der Waals surface area contributed by atoms with Gasteiger partial charge in [0, 0.05) is 12.0 Å². The molecule has 168 valence electrons. The molecule has 0 radical (unpaired) electrons. The van der Waals surface area contributed by atoms with Crippen molar-refractivity contribution in [1.29, 1.82) is 0 Å². The van der Waals surface area contributed by atoms with Crippen LogP contribution in [0.4, 0.5) is 4.39 Å². The second-order valence-electron chi connectivity index (χ2n) is 7.64. The molecule has 0 aromatic heterocycles. The molecule has 0 bridgehead atoms. The predicted molar refractivity (Wildman–Crippen MR) is 111 cm³/mol. The standard InChI is InChI=1S/C23H23FN2O6/c1-30-22(29)19-12-23(31-9-10-32-23)14-26(19)20(27)13-25-21(28)17-4-2-3-16(11-17)15-5-7-18(24)8-6-15/h2-8,11,19H,9-10,12-14H2,1H3,(H,25,28)/t19-/m0/s1. The van der Waals surface area contributed by atoms with Gasteiger partial charge in [-0.05, 0) is 35.4 Å². The van der Waals surface area contributed by atoms with E-state index >= 15 is 0 Å². The first-order chi connectivity index (χ1) is 15.4. The Labute approximate surface area is 184 Å². The van der Waals surface area contributed by atoms with Gasteiger partial charge >= 0.3 is 5.97 Å². The first kappa shape index (κ1) is 21.9. The Morgan fingerprint density at radius 2 is 1.84 bits per heavy atom. The van der Waals surface area contributed by atoms with Crippen LogP contribution in [0, 0.1) is 5.82 Å². The topological polar surface area (TPSA) is 94.2 Å². The van der Waals surface area contributed by atoms with Crippen LogP contribution in [0.15, 0.2) is 48.5 Å². The summed E-state index contributed by atoms with van der Waals surface area (Å²) in [6.07, 6.45) is 0.180. The number of nitrogens with zero attached hydrogens (tertiary/aromatic N) is 1. The number of esters is 1. The van der Waals surface area contributed by atoms with Gasteiger partial charge in [-0.1, -0.05) is 24.3 Å². The Bertz CT molecular complexity index is 1020. The van der Waals surface area contributed by atoms with Crippen LogP contribution >= 0.6 is 0 Å². The van der Waals surface area contributed by atoms with E-state index < -0.39 is 29.6 Å². The van der Waals surface area contributed by atoms with Gasteiger partial charge in [-0.2, -0.15) is 0 Å². The lowest BCUT2D eigenvalue weighted by molar-refractivity contribution is -0.152. The van der Waals surface area contributed by atoms with Crippen LogP contribution in [0.5, 0.6) is 0 Å². The molecule has 1 atom stereocenters. The van der Waals surface area contributed by atoms with E-state index in [0.29, 0.717) is 18.8 Å². The highest BCUT2D eigenvalue weighted by molar-refractivity contribution is 5.98. The summed E-state index contributed by atoms with van der Waals surface area (Å²) in [5.74, 6) is -2.81. The summed E-state index contributed by atoms with van der Waals surface area (Å²) in [5, 5.41) is 2.60. The van der Waals surface area contributed by atoms with Crippen molar-refractivity contribution in [3.63, 3.8) is 0 Å². The zero-order valence-electron chi connectivity index (χ0n) is 17.5. The molecule has 2 amide bonds. The Balaban J connectivity index is 1.42. The Kier molecular flexibility index (Phi) is 6.20. The van der Waals surface area contributed by atoms with Gasteiger partial charge < -0.3 is 24.4 Å². The monoisotopic (exact) mass is 442 g/mol. The number of hydrogen-bond donors (Lipinski definition) is 1. The summed E-state index contributed by atoms with van der Waals surface area (Å²) in [6, 6.07) is 11.9. The molecule has 0 saturated carbocycles. The summed E-state index contributed by atoms with van der Waals surface area (Å²) in [6.45, 7) is 0.554. The summed E-state index contributed by atoms with van der Waals surface area (Å²) in [5.41, 5.74) is 1.85. The maximum absolute atomic E-state index is 13.2. The maximum atomic E-state index is 13.2. The van der Waals surface area contributed by atoms with E-state index in [4.69, 9.17) is 14.2 Å². The third-order valence-corrected chi connectivity index (χ3v) is 5.60. The molecular formula is C23H23FN2O6. The zero-order valence-corrected chi connectivity index (χ0v) is 17.5. The highest BCUT2D eigenvalue weighted by atomic mass is 19.1. The smallest absolute Gasteiger partial charge is 0.328 e. The molecule has 2 aromatic carbocycles. The second kappa shape index (κ2) is 9.05. The number of methoxy groups -OCH3 is 1. The van der Waals surface area contributed by atoms with Gasteiger partial charge in [-0.15, -0.1) is 0 Å². The molecule has 2 heterocycles. The summed E-state index contributed by atoms with van der Waals surface area (Å²) < 4.78 is 29.2. The number of ether oxygens (including phenoxy) is 3. The van der Waals surface area contributed by atoms with Gasteiger partial charge in [-0.3, -0.25) is 9.59 Å². The number of halogens is 1. The van der Waals surface area contributed by atoms with E-state index in [-0.39, 0.29) is 25.3 Å². The number of rotatable bonds is 5. The fourth-order valence-electron chi connectivity index (χ4n) is 4.00. The minimum Gasteiger partial charge on any atom is -0.467 e. The van der Waals surface area contributed by atoms with Gasteiger partial charge in [0.2, 0.25) is 5.91 Å². The maximum Gasteiger partial charge on any atom is 0.328 e. The van der Waals surface area contributed by atoms with Crippen molar-refractivity contribution in [3.8, 4) is 11.1 Å². The van der Waals surface area contributed by atoms with Crippen molar-refractivity contribution < 1.29 is 33.0 Å². The zero-order chi connectivity index (χ0) is 22.7. The van der Waals surface area contributed by atoms with Crippen molar-refractivity contribution >= 4 is 17.8 Å². The number of carbonyl (C=O) groups excluding carboxylic acids is 3. The predicted octanol–water partition coefficient (Wildman–Crippen LogP) is 1.74. The van der Waals surface area contributed by atoms with Gasteiger partial charge in [0.25, 0.3) is 5.91 Å². The van der Waals surface area contributed by atoms with Gasteiger partial charge in [0.05, 0.1) is 33.4 Å². The second-order valence-corrected chi connectivity index (χ2v) is 7.64. The molecular weight excluding hydrogens is 419 g/mol. The van der Waals surface area contributed by atoms with Gasteiger partial charge in [-0.25, -0.2) is 9.18 Å². The first-order valence-electron chi connectivity index (χ1n) is 10.2. The van der Waals surface area contributed by atoms with Crippen LogP contribution in [0.1, 0.15) is 16.8 Å². The average Bonchev–Trinajstić information content (AvgIpc) is 3.44. The largest absolute Gasteiger partial charge is 0.467 e. The summed E-state index contributed by atoms with van der Waals surface area (Å²) >= 11 is 0. The molecule has 9 heteroatoms. The van der Waals surface area contributed by atoms with E-state index in [0.717, 1.165) is 11.1 Å². The SMILES string of the molecule is COC(=O)[C@@H]1CC2(CN1C(=O)CNC(=O)c1cccc(-c3ccc(F)cc3)c1)OCCO2. The molecule has 2 aliphatic rings. The van der Waals surface area contributed by atoms with Crippen LogP contribution in [-0.4, -0.2) is 67.9 Å². The van der Waals surface area contributed by atoms with Crippen LogP contribution < -0.4 is 5.32 Å². The van der Waals surface area contributed by atoms with Crippen molar-refractivity contribution in [3.05, 3.63) is 59.9 Å². The van der Waals surface area contributed by atoms with Crippen molar-refractivity contribution in [2.45, 2.75) is 18.2 Å².